The van der Waals surface area contributed by atoms with Gasteiger partial charge in [-0.1, -0.05) is 18.2 Å². The number of hydrogen-bond acceptors (Lipinski definition) is 5. The highest BCUT2D eigenvalue weighted by atomic mass is 32.3. The molecule has 1 aromatic heterocycles. The monoisotopic (exact) mass is 412 g/mol. The number of anilines is 1. The fourth-order valence-corrected chi connectivity index (χ4v) is 6.23. The van der Waals surface area contributed by atoms with Gasteiger partial charge < -0.3 is 4.74 Å². The number of nitrogens with one attached hydrogen (secondary N) is 1. The van der Waals surface area contributed by atoms with E-state index >= 15 is 0 Å². The Balaban J connectivity index is 1.60. The van der Waals surface area contributed by atoms with Crippen LogP contribution in [0.2, 0.25) is 0 Å². The number of pyridine rings is 1. The highest BCUT2D eigenvalue weighted by molar-refractivity contribution is 8.14. The van der Waals surface area contributed by atoms with Crippen molar-refractivity contribution in [3.05, 3.63) is 72.1 Å². The second-order valence-electron chi connectivity index (χ2n) is 6.61. The molecule has 1 atom stereocenters. The van der Waals surface area contributed by atoms with Gasteiger partial charge in [0.05, 0.1) is 12.8 Å². The molecule has 1 unspecified atom stereocenters. The maximum Gasteiger partial charge on any atom is 0.245 e. The molecular weight excluding hydrogens is 392 g/mol. The molecule has 0 saturated heterocycles. The van der Waals surface area contributed by atoms with Gasteiger partial charge in [-0.25, -0.2) is 8.42 Å². The predicted molar refractivity (Wildman–Crippen MR) is 113 cm³/mol. The molecule has 0 spiro atoms. The summed E-state index contributed by atoms with van der Waals surface area (Å²) in [6.07, 6.45) is 4.02. The Morgan fingerprint density at radius 3 is 2.71 bits per heavy atom. The maximum atomic E-state index is 12.9. The van der Waals surface area contributed by atoms with Crippen LogP contribution in [0.3, 0.4) is 0 Å². The Kier molecular flexibility index (Phi) is 5.03. The first kappa shape index (κ1) is 18.8. The molecule has 7 heteroatoms. The van der Waals surface area contributed by atoms with Crippen molar-refractivity contribution < 1.29 is 13.2 Å². The Hall–Kier alpha value is -2.51. The molecule has 1 N–H and O–H groups in total. The molecule has 2 heterocycles. The van der Waals surface area contributed by atoms with Crippen molar-refractivity contribution in [3.63, 3.8) is 0 Å². The average Bonchev–Trinajstić information content (AvgIpc) is 3.14. The molecule has 1 aliphatic heterocycles. The van der Waals surface area contributed by atoms with Crippen molar-refractivity contribution in [1.29, 1.82) is 0 Å². The summed E-state index contributed by atoms with van der Waals surface area (Å²) < 4.78 is 33.5. The molecule has 28 heavy (non-hydrogen) atoms. The summed E-state index contributed by atoms with van der Waals surface area (Å²) in [6.45, 7) is 2.00. The smallest absolute Gasteiger partial charge is 0.245 e. The highest BCUT2D eigenvalue weighted by Gasteiger charge is 2.33. The molecule has 0 amide bonds. The molecule has 0 radical (unpaired) electrons. The van der Waals surface area contributed by atoms with Gasteiger partial charge in [0.25, 0.3) is 0 Å². The van der Waals surface area contributed by atoms with Gasteiger partial charge in [0, 0.05) is 40.9 Å². The van der Waals surface area contributed by atoms with Crippen LogP contribution in [-0.4, -0.2) is 25.1 Å². The zero-order valence-electron chi connectivity index (χ0n) is 15.5. The molecule has 0 saturated carbocycles. The SMILES string of the molecule is COc1cc(NS(=O)(=O)C2Cc3ccccc3S2)ccc1-c1cnccc1C. The first-order chi connectivity index (χ1) is 13.5. The summed E-state index contributed by atoms with van der Waals surface area (Å²) in [6, 6.07) is 15.1. The topological polar surface area (TPSA) is 68.3 Å². The molecule has 0 aliphatic carbocycles. The average molecular weight is 413 g/mol. The molecule has 144 valence electrons. The summed E-state index contributed by atoms with van der Waals surface area (Å²) in [7, 11) is -1.97. The fourth-order valence-electron chi connectivity index (χ4n) is 3.28. The standard InChI is InChI=1S/C21H20N2O3S2/c1-14-9-10-22-13-18(14)17-8-7-16(12-19(17)26-2)23-28(24,25)21-11-15-5-3-4-6-20(15)27-21/h3-10,12-13,21,23H,11H2,1-2H3. The number of thioether (sulfide) groups is 1. The first-order valence-electron chi connectivity index (χ1n) is 8.83. The van der Waals surface area contributed by atoms with Crippen molar-refractivity contribution in [2.24, 2.45) is 0 Å². The summed E-state index contributed by atoms with van der Waals surface area (Å²) in [5.41, 5.74) is 4.46. The number of rotatable bonds is 5. The third-order valence-corrected chi connectivity index (χ3v) is 8.26. The molecule has 5 nitrogen and oxygen atoms in total. The van der Waals surface area contributed by atoms with E-state index in [0.717, 1.165) is 27.1 Å². The van der Waals surface area contributed by atoms with Crippen LogP contribution in [0.4, 0.5) is 5.69 Å². The van der Waals surface area contributed by atoms with Crippen molar-refractivity contribution in [1.82, 2.24) is 4.98 Å². The molecular formula is C21H20N2O3S2. The summed E-state index contributed by atoms with van der Waals surface area (Å²) in [5.74, 6) is 0.596. The third-order valence-electron chi connectivity index (χ3n) is 4.75. The quantitative estimate of drug-likeness (QED) is 0.669. The van der Waals surface area contributed by atoms with E-state index < -0.39 is 14.6 Å². The summed E-state index contributed by atoms with van der Waals surface area (Å²) in [4.78, 5) is 5.21. The number of benzene rings is 2. The van der Waals surface area contributed by atoms with Crippen LogP contribution in [-0.2, 0) is 16.4 Å². The van der Waals surface area contributed by atoms with Crippen LogP contribution >= 0.6 is 11.8 Å². The van der Waals surface area contributed by atoms with Gasteiger partial charge in [-0.15, -0.1) is 11.8 Å². The number of nitrogens with zero attached hydrogens (tertiary/aromatic N) is 1. The van der Waals surface area contributed by atoms with E-state index in [1.54, 1.807) is 31.6 Å². The summed E-state index contributed by atoms with van der Waals surface area (Å²) >= 11 is 1.38. The van der Waals surface area contributed by atoms with Crippen LogP contribution in [0.15, 0.2) is 65.8 Å². The number of fused-ring (bicyclic) bond motifs is 1. The van der Waals surface area contributed by atoms with E-state index in [1.165, 1.54) is 11.8 Å². The second-order valence-corrected chi connectivity index (χ2v) is 10.0. The lowest BCUT2D eigenvalue weighted by molar-refractivity contribution is 0.416. The van der Waals surface area contributed by atoms with Crippen LogP contribution in [0.5, 0.6) is 5.75 Å². The Bertz CT molecular complexity index is 1100. The van der Waals surface area contributed by atoms with Gasteiger partial charge in [0.15, 0.2) is 0 Å². The van der Waals surface area contributed by atoms with Crippen molar-refractivity contribution in [2.75, 3.05) is 11.8 Å². The van der Waals surface area contributed by atoms with Crippen LogP contribution in [0, 0.1) is 6.92 Å². The largest absolute Gasteiger partial charge is 0.496 e. The lowest BCUT2D eigenvalue weighted by Gasteiger charge is -2.16. The van der Waals surface area contributed by atoms with E-state index in [-0.39, 0.29) is 0 Å². The minimum Gasteiger partial charge on any atom is -0.496 e. The van der Waals surface area contributed by atoms with Crippen LogP contribution in [0.25, 0.3) is 11.1 Å². The van der Waals surface area contributed by atoms with E-state index in [1.807, 2.05) is 43.3 Å². The van der Waals surface area contributed by atoms with Gasteiger partial charge in [-0.05, 0) is 42.3 Å². The number of aromatic nitrogens is 1. The van der Waals surface area contributed by atoms with E-state index in [4.69, 9.17) is 4.74 Å². The van der Waals surface area contributed by atoms with Crippen molar-refractivity contribution in [2.45, 2.75) is 22.8 Å². The fraction of sp³-hybridized carbons (Fsp3) is 0.190. The molecule has 3 aromatic rings. The van der Waals surface area contributed by atoms with Gasteiger partial charge in [0.2, 0.25) is 10.0 Å². The molecule has 1 aliphatic rings. The minimum absolute atomic E-state index is 0.485. The predicted octanol–water partition coefficient (Wildman–Crippen LogP) is 4.48. The zero-order chi connectivity index (χ0) is 19.7. The Morgan fingerprint density at radius 2 is 1.96 bits per heavy atom. The molecule has 0 fully saturated rings. The lowest BCUT2D eigenvalue weighted by atomic mass is 10.0. The van der Waals surface area contributed by atoms with Crippen molar-refractivity contribution >= 4 is 27.5 Å². The second kappa shape index (κ2) is 7.48. The Morgan fingerprint density at radius 1 is 1.14 bits per heavy atom. The Labute approximate surface area is 169 Å². The minimum atomic E-state index is -3.55. The van der Waals surface area contributed by atoms with Crippen LogP contribution < -0.4 is 9.46 Å². The number of ether oxygens (including phenoxy) is 1. The lowest BCUT2D eigenvalue weighted by Crippen LogP contribution is -2.24. The molecule has 4 rings (SSSR count). The number of aryl methyl sites for hydroxylation is 1. The first-order valence-corrected chi connectivity index (χ1v) is 11.3. The van der Waals surface area contributed by atoms with Gasteiger partial charge in [0.1, 0.15) is 10.3 Å². The maximum absolute atomic E-state index is 12.9. The number of hydrogen-bond donors (Lipinski definition) is 1. The summed E-state index contributed by atoms with van der Waals surface area (Å²) in [5, 5.41) is 0. The van der Waals surface area contributed by atoms with Gasteiger partial charge in [-0.2, -0.15) is 0 Å². The third kappa shape index (κ3) is 3.59. The molecule has 0 bridgehead atoms. The van der Waals surface area contributed by atoms with Crippen LogP contribution in [0.1, 0.15) is 11.1 Å². The number of sulfonamides is 1. The van der Waals surface area contributed by atoms with E-state index in [2.05, 4.69) is 9.71 Å². The van der Waals surface area contributed by atoms with Crippen molar-refractivity contribution in [3.8, 4) is 16.9 Å². The molecule has 2 aromatic carbocycles. The van der Waals surface area contributed by atoms with Gasteiger partial charge in [-0.3, -0.25) is 9.71 Å². The zero-order valence-corrected chi connectivity index (χ0v) is 17.2. The van der Waals surface area contributed by atoms with Gasteiger partial charge >= 0.3 is 0 Å². The van der Waals surface area contributed by atoms with E-state index in [0.29, 0.717) is 17.9 Å². The van der Waals surface area contributed by atoms with E-state index in [9.17, 15) is 8.42 Å². The highest BCUT2D eigenvalue weighted by Crippen LogP contribution is 2.40. The number of methoxy groups -OCH3 is 1. The normalized spacial score (nSPS) is 15.9.